The number of hydrogen-bond acceptors (Lipinski definition) is 6. The van der Waals surface area contributed by atoms with Crippen molar-refractivity contribution in [3.8, 4) is 5.75 Å². The Balaban J connectivity index is 0.000000412. The van der Waals surface area contributed by atoms with Gasteiger partial charge in [0.05, 0.1) is 24.6 Å². The van der Waals surface area contributed by atoms with Gasteiger partial charge in [-0.15, -0.1) is 0 Å². The lowest BCUT2D eigenvalue weighted by atomic mass is 10.1. The van der Waals surface area contributed by atoms with E-state index in [-0.39, 0.29) is 36.8 Å². The summed E-state index contributed by atoms with van der Waals surface area (Å²) in [6, 6.07) is 1.17. The molecule has 1 aromatic rings. The van der Waals surface area contributed by atoms with E-state index in [9.17, 15) is 26.7 Å². The topological polar surface area (TPSA) is 135 Å². The highest BCUT2D eigenvalue weighted by molar-refractivity contribution is 5.88. The van der Waals surface area contributed by atoms with Crippen LogP contribution in [0.1, 0.15) is 10.4 Å². The number of aliphatic carboxylic acids is 1. The summed E-state index contributed by atoms with van der Waals surface area (Å²) in [6.07, 6.45) is -4.00. The molecule has 1 fully saturated rings. The highest BCUT2D eigenvalue weighted by Gasteiger charge is 2.44. The molecule has 13 heteroatoms. The number of ether oxygens (including phenoxy) is 1. The van der Waals surface area contributed by atoms with Crippen LogP contribution in [0, 0.1) is 5.92 Å². The second kappa shape index (κ2) is 8.12. The predicted octanol–water partition coefficient (Wildman–Crippen LogP) is 1.23. The minimum atomic E-state index is -5.08. The fourth-order valence-corrected chi connectivity index (χ4v) is 1.77. The summed E-state index contributed by atoms with van der Waals surface area (Å²) in [5.41, 5.74) is 5.40. The van der Waals surface area contributed by atoms with Crippen molar-refractivity contribution in [1.82, 2.24) is 10.3 Å². The second-order valence-electron chi connectivity index (χ2n) is 5.12. The van der Waals surface area contributed by atoms with Gasteiger partial charge in [0.1, 0.15) is 0 Å². The molecule has 0 aromatic carbocycles. The van der Waals surface area contributed by atoms with E-state index in [1.807, 2.05) is 0 Å². The number of aromatic carboxylic acids is 1. The highest BCUT2D eigenvalue weighted by atomic mass is 19.4. The van der Waals surface area contributed by atoms with E-state index in [2.05, 4.69) is 10.3 Å². The summed E-state index contributed by atoms with van der Waals surface area (Å²) in [4.78, 5) is 23.3. The first-order chi connectivity index (χ1) is 11.8. The standard InChI is InChI=1S/C11H13F2N3O3.C2HF3O2/c12-11(13)5-15-3-7(11)4-19-8-1-6(10(17)18)2-16-9(8)14;3-2(4,5)1(6)7/h1-2,7,15H,3-5H2,(H2,14,16)(H,17,18);(H,6,7). The second-order valence-corrected chi connectivity index (χ2v) is 5.12. The third kappa shape index (κ3) is 5.98. The van der Waals surface area contributed by atoms with Crippen LogP contribution in [-0.2, 0) is 4.79 Å². The Labute approximate surface area is 142 Å². The summed E-state index contributed by atoms with van der Waals surface area (Å²) < 4.78 is 63.6. The Kier molecular flexibility index (Phi) is 6.66. The van der Waals surface area contributed by atoms with Crippen molar-refractivity contribution < 1.29 is 46.5 Å². The average Bonchev–Trinajstić information content (AvgIpc) is 2.84. The Morgan fingerprint density at radius 2 is 1.96 bits per heavy atom. The number of anilines is 1. The molecule has 26 heavy (non-hydrogen) atoms. The van der Waals surface area contributed by atoms with Gasteiger partial charge in [-0.2, -0.15) is 13.2 Å². The van der Waals surface area contributed by atoms with Gasteiger partial charge in [-0.25, -0.2) is 23.4 Å². The molecule has 1 aliphatic heterocycles. The summed E-state index contributed by atoms with van der Waals surface area (Å²) in [7, 11) is 0. The number of aromatic nitrogens is 1. The Bertz CT molecular complexity index is 668. The van der Waals surface area contributed by atoms with Crippen molar-refractivity contribution in [2.24, 2.45) is 5.92 Å². The van der Waals surface area contributed by atoms with E-state index < -0.39 is 30.0 Å². The molecule has 1 unspecified atom stereocenters. The van der Waals surface area contributed by atoms with Crippen LogP contribution in [0.3, 0.4) is 0 Å². The van der Waals surface area contributed by atoms with Gasteiger partial charge in [-0.05, 0) is 0 Å². The smallest absolute Gasteiger partial charge is 0.489 e. The van der Waals surface area contributed by atoms with Crippen molar-refractivity contribution in [3.05, 3.63) is 17.8 Å². The van der Waals surface area contributed by atoms with Crippen LogP contribution in [0.2, 0.25) is 0 Å². The minimum absolute atomic E-state index is 0.00241. The number of hydrogen-bond donors (Lipinski definition) is 4. The monoisotopic (exact) mass is 387 g/mol. The van der Waals surface area contributed by atoms with Crippen molar-refractivity contribution in [3.63, 3.8) is 0 Å². The summed E-state index contributed by atoms with van der Waals surface area (Å²) in [5, 5.41) is 18.5. The molecule has 0 saturated carbocycles. The number of alkyl halides is 5. The van der Waals surface area contributed by atoms with Crippen LogP contribution in [-0.4, -0.2) is 58.9 Å². The van der Waals surface area contributed by atoms with Gasteiger partial charge < -0.3 is 26.0 Å². The zero-order chi connectivity index (χ0) is 20.1. The Morgan fingerprint density at radius 1 is 1.38 bits per heavy atom. The number of pyridine rings is 1. The third-order valence-corrected chi connectivity index (χ3v) is 3.16. The molecule has 0 amide bonds. The fourth-order valence-electron chi connectivity index (χ4n) is 1.77. The van der Waals surface area contributed by atoms with Crippen molar-refractivity contribution in [2.45, 2.75) is 12.1 Å². The zero-order valence-corrected chi connectivity index (χ0v) is 12.9. The molecular weight excluding hydrogens is 373 g/mol. The number of carboxylic acid groups (broad SMARTS) is 2. The molecule has 1 saturated heterocycles. The first-order valence-electron chi connectivity index (χ1n) is 6.85. The van der Waals surface area contributed by atoms with Gasteiger partial charge in [-0.1, -0.05) is 0 Å². The predicted molar refractivity (Wildman–Crippen MR) is 76.1 cm³/mol. The number of carboxylic acids is 2. The molecular formula is C13H14F5N3O5. The van der Waals surface area contributed by atoms with Gasteiger partial charge in [0.15, 0.2) is 11.6 Å². The van der Waals surface area contributed by atoms with E-state index in [0.29, 0.717) is 0 Å². The first kappa shape index (κ1) is 21.3. The number of rotatable bonds is 4. The molecule has 1 aromatic heterocycles. The van der Waals surface area contributed by atoms with Gasteiger partial charge in [-0.3, -0.25) is 0 Å². The quantitative estimate of drug-likeness (QED) is 0.567. The van der Waals surface area contributed by atoms with Crippen molar-refractivity contribution in [1.29, 1.82) is 0 Å². The van der Waals surface area contributed by atoms with E-state index in [4.69, 9.17) is 25.5 Å². The van der Waals surface area contributed by atoms with Crippen LogP contribution >= 0.6 is 0 Å². The number of nitrogens with two attached hydrogens (primary N) is 1. The average molecular weight is 387 g/mol. The maximum absolute atomic E-state index is 13.3. The number of carbonyl (C=O) groups is 2. The van der Waals surface area contributed by atoms with Crippen molar-refractivity contribution >= 4 is 17.8 Å². The van der Waals surface area contributed by atoms with E-state index in [1.165, 1.54) is 6.07 Å². The van der Waals surface area contributed by atoms with Crippen molar-refractivity contribution in [2.75, 3.05) is 25.4 Å². The normalized spacial score (nSPS) is 18.6. The van der Waals surface area contributed by atoms with Gasteiger partial charge in [0.25, 0.3) is 5.92 Å². The number of nitrogens with zero attached hydrogens (tertiary/aromatic N) is 1. The molecule has 8 nitrogen and oxygen atoms in total. The molecule has 2 rings (SSSR count). The minimum Gasteiger partial charge on any atom is -0.489 e. The Morgan fingerprint density at radius 3 is 2.38 bits per heavy atom. The largest absolute Gasteiger partial charge is 0.490 e. The molecule has 2 heterocycles. The molecule has 5 N–H and O–H groups in total. The van der Waals surface area contributed by atoms with Gasteiger partial charge in [0, 0.05) is 18.8 Å². The lowest BCUT2D eigenvalue weighted by Crippen LogP contribution is -2.31. The first-order valence-corrected chi connectivity index (χ1v) is 6.85. The van der Waals surface area contributed by atoms with Crippen LogP contribution in [0.15, 0.2) is 12.3 Å². The summed E-state index contributed by atoms with van der Waals surface area (Å²) in [6.45, 7) is -0.502. The number of nitrogen functional groups attached to an aromatic ring is 1. The number of nitrogens with one attached hydrogen (secondary N) is 1. The molecule has 0 spiro atoms. The molecule has 1 atom stereocenters. The third-order valence-electron chi connectivity index (χ3n) is 3.16. The van der Waals surface area contributed by atoms with Crippen LogP contribution in [0.25, 0.3) is 0 Å². The van der Waals surface area contributed by atoms with E-state index >= 15 is 0 Å². The molecule has 1 aliphatic rings. The lowest BCUT2D eigenvalue weighted by molar-refractivity contribution is -0.192. The fraction of sp³-hybridized carbons (Fsp3) is 0.462. The maximum atomic E-state index is 13.3. The molecule has 0 bridgehead atoms. The lowest BCUT2D eigenvalue weighted by Gasteiger charge is -2.18. The SMILES string of the molecule is Nc1ncc(C(=O)O)cc1OCC1CNCC1(F)F.O=C(O)C(F)(F)F. The number of halogens is 5. The summed E-state index contributed by atoms with van der Waals surface area (Å²) >= 11 is 0. The maximum Gasteiger partial charge on any atom is 0.490 e. The van der Waals surface area contributed by atoms with Crippen LogP contribution in [0.4, 0.5) is 27.8 Å². The highest BCUT2D eigenvalue weighted by Crippen LogP contribution is 2.29. The van der Waals surface area contributed by atoms with Crippen LogP contribution in [0.5, 0.6) is 5.75 Å². The van der Waals surface area contributed by atoms with E-state index in [1.54, 1.807) is 0 Å². The van der Waals surface area contributed by atoms with E-state index in [0.717, 1.165) is 6.20 Å². The molecule has 0 aliphatic carbocycles. The van der Waals surface area contributed by atoms with Gasteiger partial charge in [0.2, 0.25) is 0 Å². The molecule has 146 valence electrons. The zero-order valence-electron chi connectivity index (χ0n) is 12.9. The summed E-state index contributed by atoms with van der Waals surface area (Å²) in [5.74, 6) is -7.79. The Hall–Kier alpha value is -2.70. The van der Waals surface area contributed by atoms with Crippen LogP contribution < -0.4 is 15.8 Å². The van der Waals surface area contributed by atoms with Gasteiger partial charge >= 0.3 is 18.1 Å². The molecule has 0 radical (unpaired) electrons.